The molecule has 1 aliphatic heterocycles. The largest absolute Gasteiger partial charge is 0.437 e. The number of rotatable bonds is 2. The van der Waals surface area contributed by atoms with Gasteiger partial charge in [-0.05, 0) is 49.2 Å². The number of amides is 2. The molecule has 1 fully saturated rings. The summed E-state index contributed by atoms with van der Waals surface area (Å²) in [6.45, 7) is 4.98. The molecular weight excluding hydrogens is 407 g/mol. The second-order valence-corrected chi connectivity index (χ2v) is 7.59. The molecule has 31 heavy (non-hydrogen) atoms. The molecule has 0 aliphatic carbocycles. The van der Waals surface area contributed by atoms with Crippen molar-refractivity contribution in [3.63, 3.8) is 0 Å². The van der Waals surface area contributed by atoms with Gasteiger partial charge in [0.2, 0.25) is 0 Å². The standard InChI is InChI=1S/C22H22F3N5O/c1-14-7-8-16(13-15(14)2)26-21(31)30-11-9-29(10-12-30)20-19(22(23,24)25)27-17-5-3-4-6-18(17)28-20/h3-8,13H,9-12H2,1-2H3,(H,26,31). The Morgan fingerprint density at radius 2 is 1.58 bits per heavy atom. The number of nitrogens with zero attached hydrogens (tertiary/aromatic N) is 4. The van der Waals surface area contributed by atoms with Crippen molar-refractivity contribution in [1.82, 2.24) is 14.9 Å². The number of hydrogen-bond acceptors (Lipinski definition) is 4. The molecule has 1 aliphatic rings. The summed E-state index contributed by atoms with van der Waals surface area (Å²) in [6, 6.07) is 11.9. The van der Waals surface area contributed by atoms with E-state index in [2.05, 4.69) is 15.3 Å². The van der Waals surface area contributed by atoms with Crippen molar-refractivity contribution in [3.8, 4) is 0 Å². The second-order valence-electron chi connectivity index (χ2n) is 7.59. The maximum atomic E-state index is 13.6. The topological polar surface area (TPSA) is 61.4 Å². The third-order valence-electron chi connectivity index (χ3n) is 5.45. The van der Waals surface area contributed by atoms with Crippen molar-refractivity contribution in [3.05, 3.63) is 59.3 Å². The zero-order chi connectivity index (χ0) is 22.2. The van der Waals surface area contributed by atoms with E-state index in [1.54, 1.807) is 28.0 Å². The van der Waals surface area contributed by atoms with Crippen LogP contribution < -0.4 is 10.2 Å². The van der Waals surface area contributed by atoms with Crippen LogP contribution in [0.5, 0.6) is 0 Å². The maximum absolute atomic E-state index is 13.6. The predicted octanol–water partition coefficient (Wildman–Crippen LogP) is 4.62. The number of alkyl halides is 3. The lowest BCUT2D eigenvalue weighted by Crippen LogP contribution is -2.50. The van der Waals surface area contributed by atoms with Crippen LogP contribution in [0.2, 0.25) is 0 Å². The highest BCUT2D eigenvalue weighted by Crippen LogP contribution is 2.35. The molecule has 0 saturated carbocycles. The molecule has 2 aromatic carbocycles. The third kappa shape index (κ3) is 4.40. The number of aryl methyl sites for hydroxylation is 2. The Kier molecular flexibility index (Phi) is 5.43. The number of hydrogen-bond donors (Lipinski definition) is 1. The Morgan fingerprint density at radius 1 is 0.935 bits per heavy atom. The summed E-state index contributed by atoms with van der Waals surface area (Å²) in [5, 5.41) is 2.85. The predicted molar refractivity (Wildman–Crippen MR) is 113 cm³/mol. The highest BCUT2D eigenvalue weighted by atomic mass is 19.4. The van der Waals surface area contributed by atoms with Gasteiger partial charge in [-0.1, -0.05) is 18.2 Å². The Labute approximate surface area is 177 Å². The van der Waals surface area contributed by atoms with E-state index >= 15 is 0 Å². The maximum Gasteiger partial charge on any atom is 0.437 e. The molecule has 0 radical (unpaired) electrons. The average Bonchev–Trinajstić information content (AvgIpc) is 2.75. The summed E-state index contributed by atoms with van der Waals surface area (Å²) >= 11 is 0. The fourth-order valence-electron chi connectivity index (χ4n) is 3.54. The van der Waals surface area contributed by atoms with Crippen molar-refractivity contribution < 1.29 is 18.0 Å². The minimum atomic E-state index is -4.62. The minimum Gasteiger partial charge on any atom is -0.351 e. The van der Waals surface area contributed by atoms with Crippen LogP contribution in [0.3, 0.4) is 0 Å². The van der Waals surface area contributed by atoms with Gasteiger partial charge in [0.05, 0.1) is 11.0 Å². The Balaban J connectivity index is 1.50. The summed E-state index contributed by atoms with van der Waals surface area (Å²) in [7, 11) is 0. The van der Waals surface area contributed by atoms with Crippen LogP contribution in [0.15, 0.2) is 42.5 Å². The molecule has 4 rings (SSSR count). The number of aromatic nitrogens is 2. The fraction of sp³-hybridized carbons (Fsp3) is 0.318. The molecule has 9 heteroatoms. The number of carbonyl (C=O) groups excluding carboxylic acids is 1. The van der Waals surface area contributed by atoms with Crippen molar-refractivity contribution >= 4 is 28.6 Å². The van der Waals surface area contributed by atoms with Crippen LogP contribution in [0, 0.1) is 13.8 Å². The molecule has 0 spiro atoms. The summed E-state index contributed by atoms with van der Waals surface area (Å²) in [4.78, 5) is 23.8. The van der Waals surface area contributed by atoms with Gasteiger partial charge in [0, 0.05) is 31.9 Å². The molecule has 1 N–H and O–H groups in total. The lowest BCUT2D eigenvalue weighted by atomic mass is 10.1. The molecule has 2 amide bonds. The van der Waals surface area contributed by atoms with E-state index < -0.39 is 11.9 Å². The number of para-hydroxylation sites is 2. The zero-order valence-corrected chi connectivity index (χ0v) is 17.2. The van der Waals surface area contributed by atoms with Gasteiger partial charge in [-0.2, -0.15) is 13.2 Å². The third-order valence-corrected chi connectivity index (χ3v) is 5.45. The highest BCUT2D eigenvalue weighted by Gasteiger charge is 2.39. The van der Waals surface area contributed by atoms with Gasteiger partial charge in [0.1, 0.15) is 0 Å². The number of halogens is 3. The number of nitrogens with one attached hydrogen (secondary N) is 1. The van der Waals surface area contributed by atoms with Crippen LogP contribution in [-0.4, -0.2) is 47.1 Å². The Bertz CT molecular complexity index is 1120. The first-order chi connectivity index (χ1) is 14.7. The van der Waals surface area contributed by atoms with Crippen molar-refractivity contribution in [2.24, 2.45) is 0 Å². The Morgan fingerprint density at radius 3 is 2.19 bits per heavy atom. The Hall–Kier alpha value is -3.36. The summed E-state index contributed by atoms with van der Waals surface area (Å²) in [5.74, 6) is -0.194. The number of fused-ring (bicyclic) bond motifs is 1. The zero-order valence-electron chi connectivity index (χ0n) is 17.2. The smallest absolute Gasteiger partial charge is 0.351 e. The van der Waals surface area contributed by atoms with Crippen LogP contribution in [-0.2, 0) is 6.18 Å². The number of urea groups is 1. The lowest BCUT2D eigenvalue weighted by Gasteiger charge is -2.36. The first-order valence-electron chi connectivity index (χ1n) is 9.94. The highest BCUT2D eigenvalue weighted by molar-refractivity contribution is 5.89. The lowest BCUT2D eigenvalue weighted by molar-refractivity contribution is -0.140. The monoisotopic (exact) mass is 429 g/mol. The fourth-order valence-corrected chi connectivity index (χ4v) is 3.54. The van der Waals surface area contributed by atoms with Crippen LogP contribution in [0.1, 0.15) is 16.8 Å². The molecular formula is C22H22F3N5O. The molecule has 0 bridgehead atoms. The van der Waals surface area contributed by atoms with Gasteiger partial charge in [-0.25, -0.2) is 14.8 Å². The van der Waals surface area contributed by atoms with Gasteiger partial charge in [0.15, 0.2) is 11.5 Å². The van der Waals surface area contributed by atoms with E-state index in [1.807, 2.05) is 32.0 Å². The van der Waals surface area contributed by atoms with Crippen LogP contribution >= 0.6 is 0 Å². The van der Waals surface area contributed by atoms with E-state index in [0.29, 0.717) is 11.2 Å². The summed E-state index contributed by atoms with van der Waals surface area (Å²) in [6.07, 6.45) is -4.62. The minimum absolute atomic E-state index is 0.194. The van der Waals surface area contributed by atoms with E-state index in [9.17, 15) is 18.0 Å². The molecule has 2 heterocycles. The summed E-state index contributed by atoms with van der Waals surface area (Å²) in [5.41, 5.74) is 2.49. The molecule has 0 atom stereocenters. The number of piperazine rings is 1. The first kappa shape index (κ1) is 20.9. The van der Waals surface area contributed by atoms with Gasteiger partial charge < -0.3 is 15.1 Å². The summed E-state index contributed by atoms with van der Waals surface area (Å²) < 4.78 is 40.9. The van der Waals surface area contributed by atoms with Crippen LogP contribution in [0.4, 0.5) is 29.5 Å². The number of benzene rings is 2. The molecule has 3 aromatic rings. The normalized spacial score (nSPS) is 14.7. The molecule has 0 unspecified atom stereocenters. The van der Waals surface area contributed by atoms with E-state index in [4.69, 9.17) is 0 Å². The van der Waals surface area contributed by atoms with Gasteiger partial charge in [0.25, 0.3) is 0 Å². The van der Waals surface area contributed by atoms with E-state index in [1.165, 1.54) is 6.07 Å². The van der Waals surface area contributed by atoms with Gasteiger partial charge in [-0.15, -0.1) is 0 Å². The number of carbonyl (C=O) groups is 1. The van der Waals surface area contributed by atoms with Crippen molar-refractivity contribution in [2.45, 2.75) is 20.0 Å². The average molecular weight is 429 g/mol. The van der Waals surface area contributed by atoms with Crippen molar-refractivity contribution in [2.75, 3.05) is 36.4 Å². The molecule has 1 saturated heterocycles. The van der Waals surface area contributed by atoms with Gasteiger partial charge in [-0.3, -0.25) is 0 Å². The second kappa shape index (κ2) is 8.05. The SMILES string of the molecule is Cc1ccc(NC(=O)N2CCN(c3nc4ccccc4nc3C(F)(F)F)CC2)cc1C. The molecule has 162 valence electrons. The van der Waals surface area contributed by atoms with Crippen molar-refractivity contribution in [1.29, 1.82) is 0 Å². The first-order valence-corrected chi connectivity index (χ1v) is 9.94. The molecule has 6 nitrogen and oxygen atoms in total. The quantitative estimate of drug-likeness (QED) is 0.646. The van der Waals surface area contributed by atoms with E-state index in [-0.39, 0.29) is 43.5 Å². The number of anilines is 2. The molecule has 1 aromatic heterocycles. The van der Waals surface area contributed by atoms with Crippen LogP contribution in [0.25, 0.3) is 11.0 Å². The van der Waals surface area contributed by atoms with E-state index in [0.717, 1.165) is 11.1 Å². The van der Waals surface area contributed by atoms with Gasteiger partial charge >= 0.3 is 12.2 Å².